The first-order valence-electron chi connectivity index (χ1n) is 7.04. The van der Waals surface area contributed by atoms with Crippen LogP contribution in [0.1, 0.15) is 19.6 Å². The van der Waals surface area contributed by atoms with Crippen molar-refractivity contribution in [1.82, 2.24) is 4.90 Å². The van der Waals surface area contributed by atoms with Gasteiger partial charge in [0, 0.05) is 19.4 Å². The zero-order valence-corrected chi connectivity index (χ0v) is 12.9. The average molecular weight is 305 g/mol. The Morgan fingerprint density at radius 3 is 2.82 bits per heavy atom. The molecule has 22 heavy (non-hydrogen) atoms. The lowest BCUT2D eigenvalue weighted by Crippen LogP contribution is -2.28. The number of furan rings is 1. The summed E-state index contributed by atoms with van der Waals surface area (Å²) in [4.78, 5) is 26.3. The number of ether oxygens (including phenoxy) is 2. The van der Waals surface area contributed by atoms with Gasteiger partial charge in [-0.3, -0.25) is 4.79 Å². The van der Waals surface area contributed by atoms with E-state index < -0.39 is 5.97 Å². The van der Waals surface area contributed by atoms with Crippen molar-refractivity contribution in [2.75, 3.05) is 26.9 Å². The Hall–Kier alpha value is -2.34. The van der Waals surface area contributed by atoms with Crippen molar-refractivity contribution >= 4 is 18.0 Å². The van der Waals surface area contributed by atoms with E-state index in [0.29, 0.717) is 24.6 Å². The first kappa shape index (κ1) is 16.0. The molecule has 2 rings (SSSR count). The van der Waals surface area contributed by atoms with Gasteiger partial charge < -0.3 is 18.8 Å². The minimum absolute atomic E-state index is 0.246. The Labute approximate surface area is 129 Å². The molecule has 0 aliphatic carbocycles. The highest BCUT2D eigenvalue weighted by Crippen LogP contribution is 2.31. The number of allylic oxidation sites excluding steroid dienone is 1. The van der Waals surface area contributed by atoms with Crippen LogP contribution in [-0.4, -0.2) is 43.6 Å². The molecule has 0 bridgehead atoms. The number of methoxy groups -OCH3 is 1. The number of nitrogens with zero attached hydrogens (tertiary/aromatic N) is 1. The zero-order chi connectivity index (χ0) is 16.1. The molecule has 6 nitrogen and oxygen atoms in total. The number of rotatable bonds is 6. The second-order valence-electron chi connectivity index (χ2n) is 4.70. The first-order chi connectivity index (χ1) is 10.6. The fourth-order valence-electron chi connectivity index (χ4n) is 2.30. The van der Waals surface area contributed by atoms with Crippen molar-refractivity contribution < 1.29 is 23.5 Å². The molecule has 0 saturated heterocycles. The van der Waals surface area contributed by atoms with Crippen LogP contribution in [0.2, 0.25) is 0 Å². The molecule has 0 aromatic carbocycles. The third kappa shape index (κ3) is 3.12. The van der Waals surface area contributed by atoms with E-state index in [2.05, 4.69) is 0 Å². The average Bonchev–Trinajstić information content (AvgIpc) is 3.07. The lowest BCUT2D eigenvalue weighted by molar-refractivity contribution is -0.138. The van der Waals surface area contributed by atoms with Crippen molar-refractivity contribution in [3.05, 3.63) is 41.0 Å². The fraction of sp³-hybridized carbons (Fsp3) is 0.375. The third-order valence-electron chi connectivity index (χ3n) is 3.34. The Morgan fingerprint density at radius 1 is 1.45 bits per heavy atom. The van der Waals surface area contributed by atoms with Crippen molar-refractivity contribution in [2.24, 2.45) is 0 Å². The summed E-state index contributed by atoms with van der Waals surface area (Å²) in [5.74, 6) is -0.258. The first-order valence-corrected chi connectivity index (χ1v) is 7.04. The van der Waals surface area contributed by atoms with E-state index in [1.54, 1.807) is 39.2 Å². The van der Waals surface area contributed by atoms with Gasteiger partial charge in [0.25, 0.3) is 5.91 Å². The SMILES string of the molecule is CCOC(=O)C1=C(C)N(CCOC)C(=O)/C1=C\c1ccco1. The number of carbonyl (C=O) groups is 2. The molecule has 0 N–H and O–H groups in total. The molecule has 2 heterocycles. The van der Waals surface area contributed by atoms with Gasteiger partial charge in [0.15, 0.2) is 0 Å². The van der Waals surface area contributed by atoms with Crippen LogP contribution in [-0.2, 0) is 19.1 Å². The van der Waals surface area contributed by atoms with E-state index in [4.69, 9.17) is 13.9 Å². The molecule has 6 heteroatoms. The van der Waals surface area contributed by atoms with Gasteiger partial charge in [-0.25, -0.2) is 4.79 Å². The van der Waals surface area contributed by atoms with Crippen molar-refractivity contribution in [1.29, 1.82) is 0 Å². The van der Waals surface area contributed by atoms with Gasteiger partial charge in [-0.05, 0) is 32.1 Å². The molecule has 1 amide bonds. The summed E-state index contributed by atoms with van der Waals surface area (Å²) in [6.07, 6.45) is 3.07. The molecule has 0 saturated carbocycles. The van der Waals surface area contributed by atoms with Crippen LogP contribution >= 0.6 is 0 Å². The molecule has 0 spiro atoms. The minimum atomic E-state index is -0.508. The van der Waals surface area contributed by atoms with Crippen molar-refractivity contribution in [2.45, 2.75) is 13.8 Å². The Balaban J connectivity index is 2.41. The third-order valence-corrected chi connectivity index (χ3v) is 3.34. The van der Waals surface area contributed by atoms with Gasteiger partial charge in [0.2, 0.25) is 0 Å². The van der Waals surface area contributed by atoms with E-state index in [-0.39, 0.29) is 23.7 Å². The maximum atomic E-state index is 12.6. The van der Waals surface area contributed by atoms with Crippen molar-refractivity contribution in [3.63, 3.8) is 0 Å². The minimum Gasteiger partial charge on any atom is -0.465 e. The molecular formula is C16H19NO5. The number of hydrogen-bond acceptors (Lipinski definition) is 5. The molecular weight excluding hydrogens is 286 g/mol. The number of amides is 1. The number of hydrogen-bond donors (Lipinski definition) is 0. The van der Waals surface area contributed by atoms with E-state index in [1.807, 2.05) is 0 Å². The monoisotopic (exact) mass is 305 g/mol. The van der Waals surface area contributed by atoms with E-state index in [0.717, 1.165) is 0 Å². The molecule has 1 aromatic rings. The Kier molecular flexibility index (Phi) is 5.16. The molecule has 1 aliphatic heterocycles. The van der Waals surface area contributed by atoms with Crippen LogP contribution in [0.3, 0.4) is 0 Å². The van der Waals surface area contributed by atoms with E-state index in [9.17, 15) is 9.59 Å². The molecule has 0 fully saturated rings. The van der Waals surface area contributed by atoms with Crippen LogP contribution in [0, 0.1) is 0 Å². The molecule has 0 atom stereocenters. The van der Waals surface area contributed by atoms with Gasteiger partial charge in [0.1, 0.15) is 5.76 Å². The highest BCUT2D eigenvalue weighted by molar-refractivity contribution is 6.16. The van der Waals surface area contributed by atoms with Gasteiger partial charge >= 0.3 is 5.97 Å². The Morgan fingerprint density at radius 2 is 2.23 bits per heavy atom. The second kappa shape index (κ2) is 7.09. The largest absolute Gasteiger partial charge is 0.465 e. The zero-order valence-electron chi connectivity index (χ0n) is 12.9. The maximum Gasteiger partial charge on any atom is 0.340 e. The highest BCUT2D eigenvalue weighted by atomic mass is 16.5. The molecule has 118 valence electrons. The Bertz CT molecular complexity index is 612. The molecule has 0 unspecified atom stereocenters. The van der Waals surface area contributed by atoms with Gasteiger partial charge in [0.05, 0.1) is 30.6 Å². The summed E-state index contributed by atoms with van der Waals surface area (Å²) in [5.41, 5.74) is 1.12. The van der Waals surface area contributed by atoms with Crippen LogP contribution < -0.4 is 0 Å². The van der Waals surface area contributed by atoms with E-state index in [1.165, 1.54) is 11.2 Å². The lowest BCUT2D eigenvalue weighted by atomic mass is 10.1. The smallest absolute Gasteiger partial charge is 0.340 e. The van der Waals surface area contributed by atoms with E-state index >= 15 is 0 Å². The molecule has 1 aromatic heterocycles. The predicted octanol–water partition coefficient (Wildman–Crippen LogP) is 1.99. The fourth-order valence-corrected chi connectivity index (χ4v) is 2.30. The standard InChI is InChI=1S/C16H19NO5/c1-4-21-16(19)14-11(2)17(7-9-20-3)15(18)13(14)10-12-6-5-8-22-12/h5-6,8,10H,4,7,9H2,1-3H3/b13-10-. The van der Waals surface area contributed by atoms with Gasteiger partial charge in [-0.2, -0.15) is 0 Å². The van der Waals surface area contributed by atoms with Crippen LogP contribution in [0.15, 0.2) is 39.7 Å². The number of carbonyl (C=O) groups excluding carboxylic acids is 2. The lowest BCUT2D eigenvalue weighted by Gasteiger charge is -2.16. The van der Waals surface area contributed by atoms with Gasteiger partial charge in [-0.1, -0.05) is 0 Å². The summed E-state index contributed by atoms with van der Waals surface area (Å²) in [7, 11) is 1.56. The highest BCUT2D eigenvalue weighted by Gasteiger charge is 2.37. The summed E-state index contributed by atoms with van der Waals surface area (Å²) < 4.78 is 15.3. The predicted molar refractivity (Wildman–Crippen MR) is 79.6 cm³/mol. The summed E-state index contributed by atoms with van der Waals surface area (Å²) in [6.45, 7) is 4.45. The number of esters is 1. The summed E-state index contributed by atoms with van der Waals surface area (Å²) in [5, 5.41) is 0. The maximum absolute atomic E-state index is 12.6. The quantitative estimate of drug-likeness (QED) is 0.594. The molecule has 1 aliphatic rings. The topological polar surface area (TPSA) is 69.0 Å². The van der Waals surface area contributed by atoms with Gasteiger partial charge in [-0.15, -0.1) is 0 Å². The normalized spacial score (nSPS) is 16.8. The summed E-state index contributed by atoms with van der Waals surface area (Å²) >= 11 is 0. The van der Waals surface area contributed by atoms with Crippen LogP contribution in [0.4, 0.5) is 0 Å². The van der Waals surface area contributed by atoms with Crippen LogP contribution in [0.25, 0.3) is 6.08 Å². The van der Waals surface area contributed by atoms with Crippen LogP contribution in [0.5, 0.6) is 0 Å². The molecule has 0 radical (unpaired) electrons. The summed E-state index contributed by atoms with van der Waals surface area (Å²) in [6, 6.07) is 3.44. The second-order valence-corrected chi connectivity index (χ2v) is 4.70. The van der Waals surface area contributed by atoms with Crippen molar-refractivity contribution in [3.8, 4) is 0 Å².